The van der Waals surface area contributed by atoms with Crippen LogP contribution in [-0.2, 0) is 9.53 Å². The molecular formula is C20H20N4O3S. The second-order valence-corrected chi connectivity index (χ2v) is 7.89. The molecular weight excluding hydrogens is 376 g/mol. The van der Waals surface area contributed by atoms with Crippen LogP contribution >= 0.6 is 11.3 Å². The fourth-order valence-corrected chi connectivity index (χ4v) is 3.65. The summed E-state index contributed by atoms with van der Waals surface area (Å²) < 4.78 is 6.97. The van der Waals surface area contributed by atoms with Crippen LogP contribution in [0, 0.1) is 18.3 Å². The average molecular weight is 396 g/mol. The number of carbonyl (C=O) groups excluding carboxylic acids is 2. The Hall–Kier alpha value is -3.18. The first-order valence-electron chi connectivity index (χ1n) is 8.64. The Balaban J connectivity index is 1.78. The maximum atomic E-state index is 12.4. The molecule has 7 nitrogen and oxygen atoms in total. The molecule has 0 N–H and O–H groups in total. The standard InChI is InChI=1S/C20H20N4O3S/c1-13-15-10-16(19(26)27-11-17(25)23(4)20(2,3)12-21)28-18(15)24(22-13)14-8-6-5-7-9-14/h5-10H,11H2,1-4H3. The van der Waals surface area contributed by atoms with Gasteiger partial charge in [0.1, 0.15) is 15.2 Å². The first-order chi connectivity index (χ1) is 13.2. The van der Waals surface area contributed by atoms with Gasteiger partial charge in [-0.15, -0.1) is 11.3 Å². The minimum Gasteiger partial charge on any atom is -0.451 e. The SMILES string of the molecule is Cc1nn(-c2ccccc2)c2sc(C(=O)OCC(=O)N(C)C(C)(C)C#N)cc12. The molecule has 0 unspecified atom stereocenters. The van der Waals surface area contributed by atoms with Crippen molar-refractivity contribution in [2.45, 2.75) is 26.3 Å². The summed E-state index contributed by atoms with van der Waals surface area (Å²) in [4.78, 5) is 27.1. The molecule has 0 saturated heterocycles. The van der Waals surface area contributed by atoms with E-state index in [9.17, 15) is 9.59 Å². The van der Waals surface area contributed by atoms with E-state index in [0.29, 0.717) is 4.88 Å². The van der Waals surface area contributed by atoms with Crippen LogP contribution in [0.3, 0.4) is 0 Å². The fraction of sp³-hybridized carbons (Fsp3) is 0.300. The number of nitrogens with zero attached hydrogens (tertiary/aromatic N) is 4. The number of carbonyl (C=O) groups is 2. The molecule has 3 aromatic rings. The summed E-state index contributed by atoms with van der Waals surface area (Å²) in [7, 11) is 1.51. The van der Waals surface area contributed by atoms with Crippen molar-refractivity contribution in [2.75, 3.05) is 13.7 Å². The number of fused-ring (bicyclic) bond motifs is 1. The van der Waals surface area contributed by atoms with Crippen LogP contribution in [0.25, 0.3) is 15.9 Å². The Morgan fingerprint density at radius 1 is 1.32 bits per heavy atom. The van der Waals surface area contributed by atoms with E-state index >= 15 is 0 Å². The van der Waals surface area contributed by atoms with E-state index in [-0.39, 0.29) is 0 Å². The van der Waals surface area contributed by atoms with E-state index in [0.717, 1.165) is 21.6 Å². The molecule has 0 spiro atoms. The highest BCUT2D eigenvalue weighted by Gasteiger charge is 2.28. The van der Waals surface area contributed by atoms with Gasteiger partial charge in [0.2, 0.25) is 0 Å². The van der Waals surface area contributed by atoms with Crippen LogP contribution < -0.4 is 0 Å². The fourth-order valence-electron chi connectivity index (χ4n) is 2.57. The van der Waals surface area contributed by atoms with Crippen molar-refractivity contribution in [1.29, 1.82) is 5.26 Å². The van der Waals surface area contributed by atoms with E-state index in [2.05, 4.69) is 5.10 Å². The maximum absolute atomic E-state index is 12.4. The lowest BCUT2D eigenvalue weighted by Gasteiger charge is -2.28. The molecule has 2 aromatic heterocycles. The van der Waals surface area contributed by atoms with Gasteiger partial charge < -0.3 is 9.64 Å². The summed E-state index contributed by atoms with van der Waals surface area (Å²) >= 11 is 1.27. The topological polar surface area (TPSA) is 88.2 Å². The number of benzene rings is 1. The van der Waals surface area contributed by atoms with E-state index in [1.165, 1.54) is 23.3 Å². The third-order valence-corrected chi connectivity index (χ3v) is 5.65. The summed E-state index contributed by atoms with van der Waals surface area (Å²) in [5.74, 6) is -1.01. The molecule has 1 amide bonds. The van der Waals surface area contributed by atoms with Crippen molar-refractivity contribution in [2.24, 2.45) is 0 Å². The van der Waals surface area contributed by atoms with Crippen molar-refractivity contribution in [3.63, 3.8) is 0 Å². The second kappa shape index (κ2) is 7.44. The Kier molecular flexibility index (Phi) is 5.21. The predicted molar refractivity (Wildman–Crippen MR) is 106 cm³/mol. The van der Waals surface area contributed by atoms with E-state index in [4.69, 9.17) is 10.00 Å². The zero-order chi connectivity index (χ0) is 20.5. The molecule has 0 fully saturated rings. The first kappa shape index (κ1) is 19.6. The number of hydrogen-bond acceptors (Lipinski definition) is 6. The molecule has 0 atom stereocenters. The molecule has 2 heterocycles. The second-order valence-electron chi connectivity index (χ2n) is 6.86. The van der Waals surface area contributed by atoms with Crippen LogP contribution in [0.15, 0.2) is 36.4 Å². The van der Waals surface area contributed by atoms with Crippen molar-refractivity contribution >= 4 is 33.4 Å². The molecule has 8 heteroatoms. The van der Waals surface area contributed by atoms with Gasteiger partial charge >= 0.3 is 5.97 Å². The Morgan fingerprint density at radius 2 is 2.00 bits per heavy atom. The van der Waals surface area contributed by atoms with Gasteiger partial charge in [0, 0.05) is 12.4 Å². The number of aromatic nitrogens is 2. The molecule has 28 heavy (non-hydrogen) atoms. The minimum atomic E-state index is -0.975. The summed E-state index contributed by atoms with van der Waals surface area (Å²) in [6.07, 6.45) is 0. The van der Waals surface area contributed by atoms with E-state index < -0.39 is 24.0 Å². The number of nitriles is 1. The van der Waals surface area contributed by atoms with Crippen molar-refractivity contribution in [1.82, 2.24) is 14.7 Å². The number of thiophene rings is 1. The smallest absolute Gasteiger partial charge is 0.348 e. The monoisotopic (exact) mass is 396 g/mol. The summed E-state index contributed by atoms with van der Waals surface area (Å²) in [6, 6.07) is 13.4. The molecule has 144 valence electrons. The van der Waals surface area contributed by atoms with Gasteiger partial charge in [0.15, 0.2) is 6.61 Å². The van der Waals surface area contributed by atoms with Crippen molar-refractivity contribution in [3.8, 4) is 11.8 Å². The first-order valence-corrected chi connectivity index (χ1v) is 9.46. The highest BCUT2D eigenvalue weighted by Crippen LogP contribution is 2.30. The number of hydrogen-bond donors (Lipinski definition) is 0. The van der Waals surface area contributed by atoms with Gasteiger partial charge in [-0.1, -0.05) is 18.2 Å². The number of aryl methyl sites for hydroxylation is 1. The largest absolute Gasteiger partial charge is 0.451 e. The molecule has 1 aromatic carbocycles. The molecule has 0 aliphatic carbocycles. The number of esters is 1. The molecule has 0 aliphatic rings. The lowest BCUT2D eigenvalue weighted by Crippen LogP contribution is -2.45. The molecule has 0 bridgehead atoms. The predicted octanol–water partition coefficient (Wildman–Crippen LogP) is 3.31. The van der Waals surface area contributed by atoms with Gasteiger partial charge in [0.25, 0.3) is 5.91 Å². The van der Waals surface area contributed by atoms with Crippen molar-refractivity contribution in [3.05, 3.63) is 47.0 Å². The summed E-state index contributed by atoms with van der Waals surface area (Å²) in [6.45, 7) is 4.71. The quantitative estimate of drug-likeness (QED) is 0.618. The molecule has 0 saturated carbocycles. The highest BCUT2D eigenvalue weighted by molar-refractivity contribution is 7.20. The Bertz CT molecular complexity index is 1080. The van der Waals surface area contributed by atoms with E-state index in [1.807, 2.05) is 43.3 Å². The van der Waals surface area contributed by atoms with Gasteiger partial charge in [-0.2, -0.15) is 10.4 Å². The van der Waals surface area contributed by atoms with Crippen LogP contribution in [0.1, 0.15) is 29.2 Å². The third-order valence-electron chi connectivity index (χ3n) is 4.56. The van der Waals surface area contributed by atoms with Crippen LogP contribution in [0.4, 0.5) is 0 Å². The number of para-hydroxylation sites is 1. The van der Waals surface area contributed by atoms with E-state index in [1.54, 1.807) is 24.6 Å². The number of ether oxygens (including phenoxy) is 1. The third kappa shape index (κ3) is 3.62. The lowest BCUT2D eigenvalue weighted by atomic mass is 10.1. The molecule has 0 radical (unpaired) electrons. The van der Waals surface area contributed by atoms with Gasteiger partial charge in [-0.25, -0.2) is 9.48 Å². The Morgan fingerprint density at radius 3 is 2.64 bits per heavy atom. The highest BCUT2D eigenvalue weighted by atomic mass is 32.1. The minimum absolute atomic E-state index is 0.398. The zero-order valence-corrected chi connectivity index (χ0v) is 16.9. The van der Waals surface area contributed by atoms with Gasteiger partial charge in [0.05, 0.1) is 17.5 Å². The van der Waals surface area contributed by atoms with Crippen molar-refractivity contribution < 1.29 is 14.3 Å². The van der Waals surface area contributed by atoms with Crippen LogP contribution in [-0.4, -0.2) is 45.8 Å². The molecule has 3 rings (SSSR count). The average Bonchev–Trinajstić information content (AvgIpc) is 3.26. The lowest BCUT2D eigenvalue weighted by molar-refractivity contribution is -0.136. The number of likely N-dealkylation sites (N-methyl/N-ethyl adjacent to an activating group) is 1. The summed E-state index contributed by atoms with van der Waals surface area (Å²) in [5, 5.41) is 14.5. The van der Waals surface area contributed by atoms with Crippen LogP contribution in [0.5, 0.6) is 0 Å². The van der Waals surface area contributed by atoms with Gasteiger partial charge in [-0.3, -0.25) is 4.79 Å². The normalized spacial score (nSPS) is 11.2. The van der Waals surface area contributed by atoms with Crippen LogP contribution in [0.2, 0.25) is 0 Å². The Labute approximate surface area is 166 Å². The number of amides is 1. The number of rotatable bonds is 5. The maximum Gasteiger partial charge on any atom is 0.348 e. The zero-order valence-electron chi connectivity index (χ0n) is 16.1. The van der Waals surface area contributed by atoms with Gasteiger partial charge in [-0.05, 0) is 39.0 Å². The molecule has 0 aliphatic heterocycles. The summed E-state index contributed by atoms with van der Waals surface area (Å²) in [5.41, 5.74) is 0.732.